The Morgan fingerprint density at radius 3 is 1.18 bits per heavy atom. The van der Waals surface area contributed by atoms with Crippen LogP contribution in [-0.4, -0.2) is 71.1 Å². The van der Waals surface area contributed by atoms with Crippen molar-refractivity contribution in [2.24, 2.45) is 32.5 Å². The van der Waals surface area contributed by atoms with E-state index in [-0.39, 0.29) is 67.7 Å². The maximum Gasteiger partial charge on any atom is 0.356 e. The van der Waals surface area contributed by atoms with Crippen LogP contribution in [0.1, 0.15) is 226 Å². The zero-order chi connectivity index (χ0) is 84.9. The number of nitrogens with zero attached hydrogens (tertiary/aromatic N) is 3. The number of esters is 2. The third-order valence-corrected chi connectivity index (χ3v) is 28.1. The molecule has 2 aliphatic heterocycles. The Morgan fingerprint density at radius 1 is 0.383 bits per heavy atom. The molecule has 14 heteroatoms. The minimum atomic E-state index is -0.465. The first-order chi connectivity index (χ1) is 57.2. The molecule has 9 aliphatic rings. The number of cyclic esters (lactones) is 2. The lowest BCUT2D eigenvalue weighted by molar-refractivity contribution is -0.117. The molecule has 0 saturated heterocycles. The van der Waals surface area contributed by atoms with Crippen molar-refractivity contribution in [2.45, 2.75) is 204 Å². The normalized spacial score (nSPS) is 24.1. The average molecular weight is 1600 g/mol. The number of aromatic nitrogens is 4. The fourth-order valence-electron chi connectivity index (χ4n) is 19.4. The largest absolute Gasteiger partial charge is 0.494 e. The topological polar surface area (TPSA) is 184 Å². The highest BCUT2D eigenvalue weighted by Crippen LogP contribution is 2.58. The number of anilines is 2. The number of fused-ring (bicyclic) bond motifs is 18. The standard InChI is InChI=1S/C55H62N4O4.C51H56N2O4/c1-52(2,3)46-27-28-47(59-46)55(7)32-30-49(61)58-45-22-13-18-41(51(45)63-9)43-20-14-19-42(56-43)40-17-12-21-44(50(40)62-8)57-48(60)29-31-54(6,35-15-10-11-16-35)38-25-23-36(33-38)53(4,5)37-24-26-39(55)34-37;1-48(2,3)36-18-21-39(30-36)51(7)27-11-29-57-47(55)43-25-17-34-15-14-33-16-24-42(52-44(33)45(34)53-43)46(54)56-28-10-26-50(6,35-12-8-9-13-35)40-22-19-37(31-40)49(4,5)38-20-23-41(51)32-38/h10-15,17-28,59H,16,29-34H2,1-9H3,(H,57,60)(H,58,61);8-9,12,14-25H,10-11,13,26-32H2,1-7H3/t54-,55?;50-,51?/m11/s1. The number of para-hydroxylation sites is 2. The molecule has 120 heavy (non-hydrogen) atoms. The number of nitrogens with one attached hydrogen (secondary N) is 3. The molecule has 0 radical (unpaired) electrons. The van der Waals surface area contributed by atoms with Crippen molar-refractivity contribution in [3.63, 3.8) is 0 Å². The predicted molar refractivity (Wildman–Crippen MR) is 486 cm³/mol. The van der Waals surface area contributed by atoms with E-state index >= 15 is 0 Å². The maximum absolute atomic E-state index is 14.1. The molecule has 7 aromatic rings. The summed E-state index contributed by atoms with van der Waals surface area (Å²) in [7, 11) is 3.23. The summed E-state index contributed by atoms with van der Waals surface area (Å²) in [4.78, 5) is 73.4. The van der Waals surface area contributed by atoms with Gasteiger partial charge in [-0.1, -0.05) is 303 Å². The summed E-state index contributed by atoms with van der Waals surface area (Å²) in [5, 5.41) is 8.05. The van der Waals surface area contributed by atoms with Crippen molar-refractivity contribution < 1.29 is 38.1 Å². The summed E-state index contributed by atoms with van der Waals surface area (Å²) in [6.07, 6.45) is 48.1. The lowest BCUT2D eigenvalue weighted by Crippen LogP contribution is -2.29. The second-order valence-corrected chi connectivity index (χ2v) is 38.2. The van der Waals surface area contributed by atoms with Crippen LogP contribution in [0, 0.1) is 32.5 Å². The molecule has 4 aromatic heterocycles. The van der Waals surface area contributed by atoms with Gasteiger partial charge in [-0.3, -0.25) is 9.59 Å². The smallest absolute Gasteiger partial charge is 0.356 e. The Morgan fingerprint density at radius 2 is 0.775 bits per heavy atom. The van der Waals surface area contributed by atoms with E-state index in [0.29, 0.717) is 84.0 Å². The summed E-state index contributed by atoms with van der Waals surface area (Å²) in [5.41, 5.74) is 23.1. The van der Waals surface area contributed by atoms with Crippen LogP contribution >= 0.6 is 0 Å². The molecule has 7 aliphatic carbocycles. The zero-order valence-electron chi connectivity index (χ0n) is 73.2. The third-order valence-electron chi connectivity index (χ3n) is 28.1. The van der Waals surface area contributed by atoms with Gasteiger partial charge in [0.2, 0.25) is 11.8 Å². The number of aromatic amines is 1. The van der Waals surface area contributed by atoms with Crippen molar-refractivity contribution in [1.29, 1.82) is 0 Å². The summed E-state index contributed by atoms with van der Waals surface area (Å²) in [5.74, 6) is -0.0395. The second-order valence-electron chi connectivity index (χ2n) is 38.2. The maximum atomic E-state index is 14.1. The number of amides is 2. The molecule has 0 fully saturated rings. The molecule has 16 rings (SSSR count). The molecule has 0 saturated carbocycles. The quantitative estimate of drug-likeness (QED) is 0.106. The number of H-pyrrole nitrogens is 1. The van der Waals surface area contributed by atoms with E-state index in [9.17, 15) is 19.2 Å². The molecule has 14 nitrogen and oxygen atoms in total. The Balaban J connectivity index is 0.000000188. The van der Waals surface area contributed by atoms with E-state index in [4.69, 9.17) is 33.9 Å². The van der Waals surface area contributed by atoms with E-state index in [2.05, 4.69) is 222 Å². The van der Waals surface area contributed by atoms with Crippen molar-refractivity contribution in [3.05, 3.63) is 290 Å². The van der Waals surface area contributed by atoms with Gasteiger partial charge >= 0.3 is 11.9 Å². The van der Waals surface area contributed by atoms with E-state index in [1.165, 1.54) is 72.6 Å². The third kappa shape index (κ3) is 16.4. The van der Waals surface area contributed by atoms with Gasteiger partial charge in [-0.25, -0.2) is 24.5 Å². The summed E-state index contributed by atoms with van der Waals surface area (Å²) >= 11 is 0. The first-order valence-electron chi connectivity index (χ1n) is 43.1. The van der Waals surface area contributed by atoms with E-state index < -0.39 is 17.4 Å². The fourth-order valence-corrected chi connectivity index (χ4v) is 19.4. The van der Waals surface area contributed by atoms with Crippen LogP contribution in [0.5, 0.6) is 11.5 Å². The Labute approximate surface area is 709 Å². The minimum absolute atomic E-state index is 0.0580. The lowest BCUT2D eigenvalue weighted by Gasteiger charge is -2.38. The van der Waals surface area contributed by atoms with Gasteiger partial charge in [-0.15, -0.1) is 0 Å². The summed E-state index contributed by atoms with van der Waals surface area (Å²) in [6, 6.07) is 32.7. The average Bonchev–Trinajstić information content (AvgIpc) is 1.63. The van der Waals surface area contributed by atoms with Crippen molar-refractivity contribution in [3.8, 4) is 34.0 Å². The number of rotatable bonds is 6. The first kappa shape index (κ1) is 83.8. The number of ether oxygens (including phenoxy) is 4. The minimum Gasteiger partial charge on any atom is -0.494 e. The van der Waals surface area contributed by atoms with Crippen LogP contribution in [0.25, 0.3) is 44.3 Å². The number of carbonyl (C=O) groups is 4. The summed E-state index contributed by atoms with van der Waals surface area (Å²) < 4.78 is 23.8. The highest BCUT2D eigenvalue weighted by atomic mass is 16.5. The SMILES string of the molecule is CC(C)(C)C1=CC=C(C2(C)CCCOC(=O)c3ccc4ccc5ccc(nc5c4n3)C(=O)OCCC[C@](C)(C3=CC=CC3)C3=CC=C(C3)C(C)(C)C3=CC=C2C3)C1.COc1c2cccc1-c1cccc(n1)-c1cccc(c1OC)NC(=O)CC[C@](C)(C1=CC=CC1)C1=CC=C(C1)C(C)(C)C1=CC=C(C1)C(C)(c1ccc(C(C)(C)C)[nH]1)CCC(=O)N2. The Hall–Kier alpha value is -11.3. The highest BCUT2D eigenvalue weighted by molar-refractivity contribution is 6.06. The van der Waals surface area contributed by atoms with Crippen LogP contribution in [0.4, 0.5) is 11.4 Å². The number of carbonyl (C=O) groups excluding carboxylic acids is 4. The monoisotopic (exact) mass is 1600 g/mol. The molecule has 3 N–H and O–H groups in total. The number of allylic oxidation sites excluding steroid dienone is 28. The van der Waals surface area contributed by atoms with Crippen LogP contribution in [0.15, 0.2) is 267 Å². The van der Waals surface area contributed by atoms with E-state index in [1.807, 2.05) is 78.9 Å². The van der Waals surface area contributed by atoms with E-state index in [1.54, 1.807) is 26.4 Å². The number of methoxy groups -OCH3 is 2. The number of pyridine rings is 3. The molecule has 18 bridgehead atoms. The van der Waals surface area contributed by atoms with Crippen molar-refractivity contribution in [2.75, 3.05) is 38.1 Å². The van der Waals surface area contributed by atoms with Gasteiger partial charge in [-0.2, -0.15) is 0 Å². The van der Waals surface area contributed by atoms with Gasteiger partial charge in [0.05, 0.1) is 61.2 Å². The molecule has 2 amide bonds. The van der Waals surface area contributed by atoms with Crippen molar-refractivity contribution >= 4 is 56.9 Å². The van der Waals surface area contributed by atoms with Gasteiger partial charge < -0.3 is 34.6 Å². The molecule has 3 aromatic carbocycles. The van der Waals surface area contributed by atoms with Crippen molar-refractivity contribution in [1.82, 2.24) is 19.9 Å². The molecule has 4 atom stereocenters. The summed E-state index contributed by atoms with van der Waals surface area (Å²) in [6.45, 7) is 33.0. The van der Waals surface area contributed by atoms with Gasteiger partial charge in [0.15, 0.2) is 11.5 Å². The highest BCUT2D eigenvalue weighted by Gasteiger charge is 2.45. The van der Waals surface area contributed by atoms with Gasteiger partial charge in [0.1, 0.15) is 11.4 Å². The van der Waals surface area contributed by atoms with Crippen LogP contribution < -0.4 is 20.1 Å². The van der Waals surface area contributed by atoms with Gasteiger partial charge in [0.25, 0.3) is 0 Å². The molecule has 620 valence electrons. The molecular weight excluding hydrogens is 1490 g/mol. The molecule has 6 heterocycles. The number of benzene rings is 3. The van der Waals surface area contributed by atoms with Gasteiger partial charge in [-0.05, 0) is 150 Å². The van der Waals surface area contributed by atoms with Gasteiger partial charge in [0, 0.05) is 84.0 Å². The van der Waals surface area contributed by atoms with Crippen LogP contribution in [0.3, 0.4) is 0 Å². The number of hydrogen-bond donors (Lipinski definition) is 3. The molecular formula is C106H118N6O8. The number of hydrogen-bond acceptors (Lipinski definition) is 11. The van der Waals surface area contributed by atoms with E-state index in [0.717, 1.165) is 91.8 Å². The predicted octanol–water partition coefficient (Wildman–Crippen LogP) is 25.3. The van der Waals surface area contributed by atoms with Crippen LogP contribution in [-0.2, 0) is 29.9 Å². The zero-order valence-corrected chi connectivity index (χ0v) is 73.2. The Kier molecular flexibility index (Phi) is 23.1. The first-order valence-corrected chi connectivity index (χ1v) is 43.1. The fraction of sp³-hybridized carbons (Fsp3) is 0.387. The second kappa shape index (κ2) is 33.0. The lowest BCUT2D eigenvalue weighted by atomic mass is 9.66. The molecule has 2 unspecified atom stereocenters. The Bertz CT molecular complexity index is 5810. The van der Waals surface area contributed by atoms with Crippen LogP contribution in [0.2, 0.25) is 0 Å². The molecule has 0 spiro atoms.